The van der Waals surface area contributed by atoms with Crippen LogP contribution in [0.15, 0.2) is 18.2 Å². The third kappa shape index (κ3) is 2.61. The number of halogens is 1. The van der Waals surface area contributed by atoms with E-state index < -0.39 is 11.7 Å². The van der Waals surface area contributed by atoms with Crippen molar-refractivity contribution in [3.63, 3.8) is 0 Å². The summed E-state index contributed by atoms with van der Waals surface area (Å²) in [6.07, 6.45) is 1.98. The molecular formula is C13H18FN3O. The summed E-state index contributed by atoms with van der Waals surface area (Å²) >= 11 is 0. The Labute approximate surface area is 106 Å². The van der Waals surface area contributed by atoms with E-state index in [1.54, 1.807) is 6.07 Å². The average molecular weight is 251 g/mol. The summed E-state index contributed by atoms with van der Waals surface area (Å²) in [5.74, 6) is -0.492. The van der Waals surface area contributed by atoms with Crippen LogP contribution in [0.4, 0.5) is 10.1 Å². The second-order valence-electron chi connectivity index (χ2n) is 4.69. The van der Waals surface area contributed by atoms with Crippen LogP contribution in [0.1, 0.15) is 23.2 Å². The molecule has 1 amide bonds. The van der Waals surface area contributed by atoms with Crippen molar-refractivity contribution < 1.29 is 9.18 Å². The van der Waals surface area contributed by atoms with Crippen LogP contribution in [0, 0.1) is 11.7 Å². The van der Waals surface area contributed by atoms with Crippen LogP contribution in [0.5, 0.6) is 0 Å². The van der Waals surface area contributed by atoms with Crippen molar-refractivity contribution in [2.24, 2.45) is 17.4 Å². The monoisotopic (exact) mass is 251 g/mol. The number of anilines is 1. The highest BCUT2D eigenvalue weighted by Gasteiger charge is 2.21. The minimum atomic E-state index is -0.592. The van der Waals surface area contributed by atoms with E-state index in [2.05, 4.69) is 4.90 Å². The Morgan fingerprint density at radius 3 is 2.61 bits per heavy atom. The fourth-order valence-corrected chi connectivity index (χ4v) is 2.39. The zero-order valence-corrected chi connectivity index (χ0v) is 10.2. The van der Waals surface area contributed by atoms with Gasteiger partial charge in [0.1, 0.15) is 5.82 Å². The highest BCUT2D eigenvalue weighted by Crippen LogP contribution is 2.26. The molecule has 0 aromatic heterocycles. The molecule has 18 heavy (non-hydrogen) atoms. The Balaban J connectivity index is 2.21. The van der Waals surface area contributed by atoms with Crippen molar-refractivity contribution in [1.82, 2.24) is 0 Å². The summed E-state index contributed by atoms with van der Waals surface area (Å²) < 4.78 is 13.1. The van der Waals surface area contributed by atoms with Crippen molar-refractivity contribution >= 4 is 11.6 Å². The van der Waals surface area contributed by atoms with Crippen molar-refractivity contribution in [2.45, 2.75) is 12.8 Å². The number of piperidine rings is 1. The van der Waals surface area contributed by atoms with Crippen LogP contribution in [0.25, 0.3) is 0 Å². The number of rotatable bonds is 3. The lowest BCUT2D eigenvalue weighted by Crippen LogP contribution is -2.37. The average Bonchev–Trinajstić information content (AvgIpc) is 2.39. The molecule has 98 valence electrons. The number of carbonyl (C=O) groups is 1. The topological polar surface area (TPSA) is 72.3 Å². The first-order valence-electron chi connectivity index (χ1n) is 6.16. The molecule has 1 aliphatic heterocycles. The van der Waals surface area contributed by atoms with E-state index in [1.807, 2.05) is 0 Å². The maximum Gasteiger partial charge on any atom is 0.250 e. The summed E-state index contributed by atoms with van der Waals surface area (Å²) in [6, 6.07) is 4.18. The van der Waals surface area contributed by atoms with Crippen LogP contribution >= 0.6 is 0 Å². The molecule has 0 radical (unpaired) electrons. The van der Waals surface area contributed by atoms with Crippen molar-refractivity contribution in [3.8, 4) is 0 Å². The van der Waals surface area contributed by atoms with Gasteiger partial charge in [0.05, 0.1) is 5.56 Å². The lowest BCUT2D eigenvalue weighted by atomic mass is 9.96. The number of carbonyl (C=O) groups excluding carboxylic acids is 1. The first-order valence-corrected chi connectivity index (χ1v) is 6.16. The predicted molar refractivity (Wildman–Crippen MR) is 68.9 cm³/mol. The molecule has 1 heterocycles. The minimum absolute atomic E-state index is 0.251. The molecule has 1 saturated heterocycles. The minimum Gasteiger partial charge on any atom is -0.371 e. The Morgan fingerprint density at radius 1 is 1.39 bits per heavy atom. The lowest BCUT2D eigenvalue weighted by Gasteiger charge is -2.34. The maximum atomic E-state index is 13.1. The van der Waals surface area contributed by atoms with Crippen molar-refractivity contribution in [1.29, 1.82) is 0 Å². The first-order chi connectivity index (χ1) is 8.61. The van der Waals surface area contributed by atoms with Gasteiger partial charge in [-0.2, -0.15) is 0 Å². The fraction of sp³-hybridized carbons (Fsp3) is 0.462. The molecule has 1 aromatic rings. The van der Waals surface area contributed by atoms with Gasteiger partial charge in [0.15, 0.2) is 0 Å². The molecule has 5 heteroatoms. The number of hydrogen-bond acceptors (Lipinski definition) is 3. The molecule has 1 aromatic carbocycles. The zero-order valence-electron chi connectivity index (χ0n) is 10.2. The van der Waals surface area contributed by atoms with Crippen molar-refractivity contribution in [2.75, 3.05) is 24.5 Å². The maximum absolute atomic E-state index is 13.1. The lowest BCUT2D eigenvalue weighted by molar-refractivity contribution is 0.1000. The van der Waals surface area contributed by atoms with Gasteiger partial charge in [0, 0.05) is 18.8 Å². The van der Waals surface area contributed by atoms with Gasteiger partial charge in [-0.15, -0.1) is 0 Å². The quantitative estimate of drug-likeness (QED) is 0.845. The number of nitrogens with zero attached hydrogens (tertiary/aromatic N) is 1. The summed E-state index contributed by atoms with van der Waals surface area (Å²) in [4.78, 5) is 13.4. The normalized spacial score (nSPS) is 16.9. The Morgan fingerprint density at radius 2 is 2.06 bits per heavy atom. The van der Waals surface area contributed by atoms with Crippen LogP contribution in [-0.4, -0.2) is 25.5 Å². The van der Waals surface area contributed by atoms with Gasteiger partial charge in [-0.25, -0.2) is 4.39 Å². The third-order valence-electron chi connectivity index (χ3n) is 3.51. The molecule has 1 fully saturated rings. The molecule has 0 spiro atoms. The Hall–Kier alpha value is -1.62. The van der Waals surface area contributed by atoms with Gasteiger partial charge in [-0.3, -0.25) is 4.79 Å². The summed E-state index contributed by atoms with van der Waals surface area (Å²) in [5.41, 5.74) is 11.9. The van der Waals surface area contributed by atoms with E-state index in [0.717, 1.165) is 31.6 Å². The van der Waals surface area contributed by atoms with Crippen LogP contribution in [-0.2, 0) is 0 Å². The molecule has 0 bridgehead atoms. The molecule has 0 unspecified atom stereocenters. The van der Waals surface area contributed by atoms with Gasteiger partial charge in [0.2, 0.25) is 0 Å². The molecule has 1 aliphatic rings. The zero-order chi connectivity index (χ0) is 13.1. The SMILES string of the molecule is NCC1CCN(c2ccc(F)cc2C(N)=O)CC1. The van der Waals surface area contributed by atoms with E-state index in [1.165, 1.54) is 12.1 Å². The molecule has 2 rings (SSSR count). The summed E-state index contributed by atoms with van der Waals surface area (Å²) in [7, 11) is 0. The van der Waals surface area contributed by atoms with E-state index in [9.17, 15) is 9.18 Å². The summed E-state index contributed by atoms with van der Waals surface area (Å²) in [5, 5.41) is 0. The van der Waals surface area contributed by atoms with Gasteiger partial charge < -0.3 is 16.4 Å². The van der Waals surface area contributed by atoms with E-state index in [-0.39, 0.29) is 5.56 Å². The van der Waals surface area contributed by atoms with Gasteiger partial charge in [-0.05, 0) is 43.5 Å². The van der Waals surface area contributed by atoms with Crippen LogP contribution < -0.4 is 16.4 Å². The predicted octanol–water partition coefficient (Wildman–Crippen LogP) is 1.10. The molecule has 4 nitrogen and oxygen atoms in total. The molecule has 0 atom stereocenters. The third-order valence-corrected chi connectivity index (χ3v) is 3.51. The first kappa shape index (κ1) is 12.8. The molecule has 4 N–H and O–H groups in total. The van der Waals surface area contributed by atoms with Gasteiger partial charge >= 0.3 is 0 Å². The molecule has 0 aliphatic carbocycles. The second-order valence-corrected chi connectivity index (χ2v) is 4.69. The van der Waals surface area contributed by atoms with Crippen LogP contribution in [0.3, 0.4) is 0 Å². The van der Waals surface area contributed by atoms with Crippen molar-refractivity contribution in [3.05, 3.63) is 29.6 Å². The Kier molecular flexibility index (Phi) is 3.81. The van der Waals surface area contributed by atoms with Crippen LogP contribution in [0.2, 0.25) is 0 Å². The van der Waals surface area contributed by atoms with E-state index >= 15 is 0 Å². The largest absolute Gasteiger partial charge is 0.371 e. The van der Waals surface area contributed by atoms with E-state index in [0.29, 0.717) is 12.5 Å². The number of hydrogen-bond donors (Lipinski definition) is 2. The number of benzene rings is 1. The molecule has 0 saturated carbocycles. The summed E-state index contributed by atoms with van der Waals surface area (Å²) in [6.45, 7) is 2.35. The van der Waals surface area contributed by atoms with E-state index in [4.69, 9.17) is 11.5 Å². The highest BCUT2D eigenvalue weighted by atomic mass is 19.1. The Bertz CT molecular complexity index is 442. The number of amides is 1. The van der Waals surface area contributed by atoms with Gasteiger partial charge in [0.25, 0.3) is 5.91 Å². The van der Waals surface area contributed by atoms with Gasteiger partial charge in [-0.1, -0.05) is 0 Å². The fourth-order valence-electron chi connectivity index (χ4n) is 2.39. The standard InChI is InChI=1S/C13H18FN3O/c14-10-1-2-12(11(7-10)13(16)18)17-5-3-9(8-15)4-6-17/h1-2,7,9H,3-6,8,15H2,(H2,16,18). The number of nitrogens with two attached hydrogens (primary N) is 2. The molecular weight excluding hydrogens is 233 g/mol. The number of primary amides is 1. The second kappa shape index (κ2) is 5.35. The highest BCUT2D eigenvalue weighted by molar-refractivity contribution is 5.98. The smallest absolute Gasteiger partial charge is 0.250 e.